The maximum absolute atomic E-state index is 13.0. The van der Waals surface area contributed by atoms with E-state index in [0.717, 1.165) is 46.7 Å². The molecular formula is C29H33N7O. The number of nitrogens with zero attached hydrogens (tertiary/aromatic N) is 4. The number of fused-ring (bicyclic) bond motifs is 1. The summed E-state index contributed by atoms with van der Waals surface area (Å²) in [5, 5.41) is 7.50. The maximum Gasteiger partial charge on any atom is 0.267 e. The third-order valence-electron chi connectivity index (χ3n) is 7.60. The Labute approximate surface area is 216 Å². The van der Waals surface area contributed by atoms with Gasteiger partial charge in [0.2, 0.25) is 5.95 Å². The van der Waals surface area contributed by atoms with Gasteiger partial charge in [-0.1, -0.05) is 6.07 Å². The number of rotatable bonds is 7. The lowest BCUT2D eigenvalue weighted by Gasteiger charge is -2.31. The van der Waals surface area contributed by atoms with Crippen molar-refractivity contribution in [3.8, 4) is 11.4 Å². The van der Waals surface area contributed by atoms with Crippen molar-refractivity contribution >= 4 is 28.4 Å². The smallest absolute Gasteiger partial charge is 0.267 e. The van der Waals surface area contributed by atoms with E-state index in [2.05, 4.69) is 35.5 Å². The molecular weight excluding hydrogens is 462 g/mol. The minimum atomic E-state index is -0.0277. The first kappa shape index (κ1) is 23.6. The highest BCUT2D eigenvalue weighted by molar-refractivity contribution is 5.98. The third-order valence-corrected chi connectivity index (χ3v) is 7.60. The largest absolute Gasteiger partial charge is 0.351 e. The van der Waals surface area contributed by atoms with Gasteiger partial charge in [0.05, 0.1) is 11.4 Å². The van der Waals surface area contributed by atoms with Crippen molar-refractivity contribution in [2.45, 2.75) is 44.6 Å². The number of pyridine rings is 1. The number of hydrogen-bond donors (Lipinski definition) is 3. The number of amides is 1. The average Bonchev–Trinajstić information content (AvgIpc) is 3.60. The van der Waals surface area contributed by atoms with Crippen LogP contribution in [0.1, 0.15) is 49.0 Å². The van der Waals surface area contributed by atoms with Crippen molar-refractivity contribution < 1.29 is 4.79 Å². The molecule has 0 unspecified atom stereocenters. The van der Waals surface area contributed by atoms with Gasteiger partial charge in [-0.05, 0) is 100.0 Å². The molecule has 1 aliphatic carbocycles. The number of aromatic nitrogens is 4. The van der Waals surface area contributed by atoms with E-state index in [0.29, 0.717) is 11.6 Å². The van der Waals surface area contributed by atoms with Gasteiger partial charge in [-0.15, -0.1) is 0 Å². The molecule has 190 valence electrons. The van der Waals surface area contributed by atoms with Crippen LogP contribution in [0.3, 0.4) is 0 Å². The van der Waals surface area contributed by atoms with Crippen LogP contribution < -0.4 is 10.6 Å². The Morgan fingerprint density at radius 3 is 2.62 bits per heavy atom. The zero-order valence-corrected chi connectivity index (χ0v) is 21.0. The molecule has 4 heterocycles. The first-order chi connectivity index (χ1) is 18.2. The summed E-state index contributed by atoms with van der Waals surface area (Å²) in [4.78, 5) is 32.2. The first-order valence-corrected chi connectivity index (χ1v) is 13.4. The Morgan fingerprint density at radius 2 is 1.81 bits per heavy atom. The number of carbonyl (C=O) groups excluding carboxylic acids is 1. The van der Waals surface area contributed by atoms with Gasteiger partial charge in [0.25, 0.3) is 5.91 Å². The van der Waals surface area contributed by atoms with Crippen LogP contribution in [0, 0.1) is 5.92 Å². The van der Waals surface area contributed by atoms with Crippen molar-refractivity contribution in [3.05, 3.63) is 66.6 Å². The van der Waals surface area contributed by atoms with Gasteiger partial charge in [0.15, 0.2) is 0 Å². The van der Waals surface area contributed by atoms with Crippen LogP contribution in [0.4, 0.5) is 11.6 Å². The van der Waals surface area contributed by atoms with Crippen molar-refractivity contribution in [2.24, 2.45) is 5.92 Å². The fourth-order valence-electron chi connectivity index (χ4n) is 5.62. The Kier molecular flexibility index (Phi) is 6.82. The monoisotopic (exact) mass is 495 g/mol. The van der Waals surface area contributed by atoms with Gasteiger partial charge in [-0.2, -0.15) is 0 Å². The highest BCUT2D eigenvalue weighted by Gasteiger charge is 2.25. The molecule has 0 spiro atoms. The molecule has 8 heteroatoms. The summed E-state index contributed by atoms with van der Waals surface area (Å²) in [5.74, 6) is 1.25. The van der Waals surface area contributed by atoms with E-state index in [1.165, 1.54) is 45.3 Å². The summed E-state index contributed by atoms with van der Waals surface area (Å²) in [5.41, 5.74) is 3.93. The zero-order chi connectivity index (χ0) is 25.0. The number of hydrogen-bond acceptors (Lipinski definition) is 6. The van der Waals surface area contributed by atoms with Crippen LogP contribution >= 0.6 is 0 Å². The van der Waals surface area contributed by atoms with Crippen LogP contribution in [0.2, 0.25) is 0 Å². The molecule has 3 N–H and O–H groups in total. The number of H-pyrrole nitrogens is 1. The van der Waals surface area contributed by atoms with Gasteiger partial charge in [0, 0.05) is 41.6 Å². The molecule has 1 amide bonds. The molecule has 1 saturated heterocycles. The summed E-state index contributed by atoms with van der Waals surface area (Å²) in [7, 11) is 0. The van der Waals surface area contributed by atoms with E-state index >= 15 is 0 Å². The second kappa shape index (κ2) is 10.7. The van der Waals surface area contributed by atoms with Gasteiger partial charge in [-0.25, -0.2) is 9.97 Å². The number of nitrogens with one attached hydrogen (secondary N) is 3. The van der Waals surface area contributed by atoms with E-state index in [1.54, 1.807) is 12.4 Å². The summed E-state index contributed by atoms with van der Waals surface area (Å²) < 4.78 is 0. The highest BCUT2D eigenvalue weighted by atomic mass is 16.1. The minimum Gasteiger partial charge on any atom is -0.351 e. The molecule has 8 nitrogen and oxygen atoms in total. The van der Waals surface area contributed by atoms with Crippen LogP contribution in [-0.2, 0) is 0 Å². The molecule has 1 saturated carbocycles. The Morgan fingerprint density at radius 1 is 0.946 bits per heavy atom. The minimum absolute atomic E-state index is 0.0277. The quantitative estimate of drug-likeness (QED) is 0.328. The Hall–Kier alpha value is -3.78. The van der Waals surface area contributed by atoms with Crippen LogP contribution in [-0.4, -0.2) is 56.4 Å². The summed E-state index contributed by atoms with van der Waals surface area (Å²) in [6.45, 7) is 3.76. The normalized spacial score (nSPS) is 20.2. The third kappa shape index (κ3) is 5.64. The van der Waals surface area contributed by atoms with Gasteiger partial charge in [0.1, 0.15) is 5.69 Å². The number of carbonyl (C=O) groups is 1. The lowest BCUT2D eigenvalue weighted by atomic mass is 9.85. The maximum atomic E-state index is 13.0. The summed E-state index contributed by atoms with van der Waals surface area (Å²) in [6, 6.07) is 15.7. The lowest BCUT2D eigenvalue weighted by molar-refractivity contribution is 0.0914. The van der Waals surface area contributed by atoms with E-state index in [1.807, 2.05) is 48.5 Å². The molecule has 0 radical (unpaired) electrons. The van der Waals surface area contributed by atoms with Crippen LogP contribution in [0.15, 0.2) is 60.9 Å². The summed E-state index contributed by atoms with van der Waals surface area (Å²) >= 11 is 0. The van der Waals surface area contributed by atoms with E-state index in [4.69, 9.17) is 0 Å². The van der Waals surface area contributed by atoms with E-state index in [9.17, 15) is 4.79 Å². The van der Waals surface area contributed by atoms with E-state index < -0.39 is 0 Å². The van der Waals surface area contributed by atoms with Crippen molar-refractivity contribution in [1.29, 1.82) is 0 Å². The number of aromatic amines is 1. The Balaban J connectivity index is 1.07. The molecule has 2 fully saturated rings. The molecule has 4 aromatic rings. The van der Waals surface area contributed by atoms with Gasteiger partial charge in [-0.3, -0.25) is 9.78 Å². The van der Waals surface area contributed by atoms with Crippen LogP contribution in [0.5, 0.6) is 0 Å². The molecule has 6 rings (SSSR count). The fraction of sp³-hybridized carbons (Fsp3) is 0.379. The van der Waals surface area contributed by atoms with Crippen LogP contribution in [0.25, 0.3) is 22.3 Å². The number of likely N-dealkylation sites (tertiary alicyclic amines) is 1. The van der Waals surface area contributed by atoms with Crippen molar-refractivity contribution in [1.82, 2.24) is 30.2 Å². The second-order valence-electron chi connectivity index (χ2n) is 10.3. The molecule has 2 aliphatic rings. The molecule has 1 aromatic carbocycles. The van der Waals surface area contributed by atoms with Gasteiger partial charge < -0.3 is 20.5 Å². The highest BCUT2D eigenvalue weighted by Crippen LogP contribution is 2.27. The number of anilines is 2. The van der Waals surface area contributed by atoms with Crippen molar-refractivity contribution in [3.63, 3.8) is 0 Å². The molecule has 3 aromatic heterocycles. The van der Waals surface area contributed by atoms with Crippen molar-refractivity contribution in [2.75, 3.05) is 25.0 Å². The standard InChI is InChI=1S/C29H33N7O/c37-28(32-22-8-6-20(7-9-22)19-36-15-3-4-16-36)27-18-21-17-23(10-11-24(21)34-27)33-29-31-14-12-26(35-29)25-5-1-2-13-30-25/h1-2,5,10-14,17-18,20,22,34H,3-4,6-9,15-16,19H2,(H,32,37)(H,31,33,35). The second-order valence-corrected chi connectivity index (χ2v) is 10.3. The molecule has 1 aliphatic heterocycles. The molecule has 37 heavy (non-hydrogen) atoms. The van der Waals surface area contributed by atoms with E-state index in [-0.39, 0.29) is 11.9 Å². The first-order valence-electron chi connectivity index (χ1n) is 13.4. The fourth-order valence-corrected chi connectivity index (χ4v) is 5.62. The predicted octanol–water partition coefficient (Wildman–Crippen LogP) is 5.15. The Bertz CT molecular complexity index is 1360. The topological polar surface area (TPSA) is 98.8 Å². The summed E-state index contributed by atoms with van der Waals surface area (Å²) in [6.07, 6.45) is 10.7. The average molecular weight is 496 g/mol. The predicted molar refractivity (Wildman–Crippen MR) is 146 cm³/mol. The molecule has 0 bridgehead atoms. The lowest BCUT2D eigenvalue weighted by Crippen LogP contribution is -2.39. The zero-order valence-electron chi connectivity index (χ0n) is 21.0. The number of benzene rings is 1. The molecule has 0 atom stereocenters. The SMILES string of the molecule is O=C(NC1CCC(CN2CCCC2)CC1)c1cc2cc(Nc3nccc(-c4ccccn4)n3)ccc2[nH]1. The van der Waals surface area contributed by atoms with Gasteiger partial charge >= 0.3 is 0 Å².